The van der Waals surface area contributed by atoms with Crippen LogP contribution < -0.4 is 0 Å². The van der Waals surface area contributed by atoms with Crippen molar-refractivity contribution in [2.75, 3.05) is 0 Å². The fourth-order valence-corrected chi connectivity index (χ4v) is 3.52. The molecule has 0 amide bonds. The lowest BCUT2D eigenvalue weighted by Gasteiger charge is -2.07. The molecule has 3 heteroatoms. The van der Waals surface area contributed by atoms with Gasteiger partial charge in [-0.3, -0.25) is 0 Å². The Hall–Kier alpha value is -2.89. The highest BCUT2D eigenvalue weighted by molar-refractivity contribution is 6.30. The van der Waals surface area contributed by atoms with Gasteiger partial charge in [-0.25, -0.2) is 8.78 Å². The van der Waals surface area contributed by atoms with Gasteiger partial charge in [0.15, 0.2) is 0 Å². The van der Waals surface area contributed by atoms with E-state index >= 15 is 0 Å². The summed E-state index contributed by atoms with van der Waals surface area (Å²) in [6.45, 7) is 2.18. The number of fused-ring (bicyclic) bond motifs is 3. The summed E-state index contributed by atoms with van der Waals surface area (Å²) in [4.78, 5) is 0. The third kappa shape index (κ3) is 3.59. The van der Waals surface area contributed by atoms with Gasteiger partial charge < -0.3 is 0 Å². The van der Waals surface area contributed by atoms with E-state index in [4.69, 9.17) is 11.6 Å². The number of rotatable bonds is 2. The molecule has 0 fully saturated rings. The van der Waals surface area contributed by atoms with Crippen molar-refractivity contribution in [3.8, 4) is 11.8 Å². The van der Waals surface area contributed by atoms with Crippen LogP contribution in [-0.4, -0.2) is 0 Å². The molecule has 0 aliphatic heterocycles. The molecule has 138 valence electrons. The third-order valence-corrected chi connectivity index (χ3v) is 5.13. The van der Waals surface area contributed by atoms with Gasteiger partial charge in [-0.2, -0.15) is 0 Å². The highest BCUT2D eigenvalue weighted by atomic mass is 35.5. The Morgan fingerprint density at radius 3 is 2.04 bits per heavy atom. The summed E-state index contributed by atoms with van der Waals surface area (Å²) >= 11 is 5.51. The molecule has 0 aliphatic carbocycles. The minimum atomic E-state index is -0.807. The smallest absolute Gasteiger partial charge is 0.146 e. The Morgan fingerprint density at radius 2 is 1.36 bits per heavy atom. The normalized spacial score (nSPS) is 10.9. The second kappa shape index (κ2) is 7.62. The first-order chi connectivity index (χ1) is 13.5. The van der Waals surface area contributed by atoms with Gasteiger partial charge in [0.2, 0.25) is 0 Å². The second-order valence-electron chi connectivity index (χ2n) is 6.81. The summed E-state index contributed by atoms with van der Waals surface area (Å²) in [6, 6.07) is 19.1. The molecule has 28 heavy (non-hydrogen) atoms. The largest absolute Gasteiger partial charge is 0.205 e. The van der Waals surface area contributed by atoms with Crippen LogP contribution in [0, 0.1) is 23.5 Å². The van der Waals surface area contributed by atoms with E-state index in [1.165, 1.54) is 16.3 Å². The fourth-order valence-electron chi connectivity index (χ4n) is 3.41. The molecule has 0 aliphatic rings. The first-order valence-corrected chi connectivity index (χ1v) is 9.55. The lowest BCUT2D eigenvalue weighted by atomic mass is 9.97. The molecule has 4 aromatic rings. The maximum Gasteiger partial charge on any atom is 0.146 e. The summed E-state index contributed by atoms with van der Waals surface area (Å²) in [5.41, 5.74) is 2.38. The van der Waals surface area contributed by atoms with Crippen molar-refractivity contribution in [3.05, 3.63) is 94.0 Å². The van der Waals surface area contributed by atoms with Gasteiger partial charge in [0.25, 0.3) is 0 Å². The predicted molar refractivity (Wildman–Crippen MR) is 113 cm³/mol. The number of halogens is 3. The maximum absolute atomic E-state index is 13.6. The topological polar surface area (TPSA) is 0 Å². The average molecular weight is 391 g/mol. The van der Waals surface area contributed by atoms with Crippen molar-refractivity contribution in [1.29, 1.82) is 0 Å². The van der Waals surface area contributed by atoms with Crippen molar-refractivity contribution in [2.45, 2.75) is 19.8 Å². The van der Waals surface area contributed by atoms with Gasteiger partial charge in [0.05, 0.1) is 0 Å². The number of aryl methyl sites for hydroxylation is 1. The first-order valence-electron chi connectivity index (χ1n) is 9.17. The van der Waals surface area contributed by atoms with E-state index in [0.29, 0.717) is 0 Å². The van der Waals surface area contributed by atoms with Crippen LogP contribution in [0.15, 0.2) is 60.7 Å². The molecule has 0 saturated heterocycles. The van der Waals surface area contributed by atoms with Crippen LogP contribution in [0.25, 0.3) is 21.5 Å². The highest BCUT2D eigenvalue weighted by Crippen LogP contribution is 2.27. The summed E-state index contributed by atoms with van der Waals surface area (Å²) < 4.78 is 27.1. The van der Waals surface area contributed by atoms with Crippen LogP contribution in [0.1, 0.15) is 30.0 Å². The number of hydrogen-bond donors (Lipinski definition) is 0. The molecule has 0 bridgehead atoms. The second-order valence-corrected chi connectivity index (χ2v) is 7.19. The van der Waals surface area contributed by atoms with E-state index in [-0.39, 0.29) is 5.56 Å². The molecule has 4 rings (SSSR count). The number of benzene rings is 4. The zero-order valence-corrected chi connectivity index (χ0v) is 16.1. The molecular weight excluding hydrogens is 374 g/mol. The van der Waals surface area contributed by atoms with E-state index in [2.05, 4.69) is 49.1 Å². The Morgan fingerprint density at radius 1 is 0.750 bits per heavy atom. The Labute approximate surface area is 167 Å². The molecule has 0 nitrogen and oxygen atoms in total. The molecule has 0 saturated carbocycles. The summed E-state index contributed by atoms with van der Waals surface area (Å²) in [5, 5.41) is 4.17. The summed E-state index contributed by atoms with van der Waals surface area (Å²) in [5.74, 6) is 4.16. The monoisotopic (exact) mass is 390 g/mol. The Balaban J connectivity index is 1.73. The van der Waals surface area contributed by atoms with Crippen molar-refractivity contribution >= 4 is 33.1 Å². The van der Waals surface area contributed by atoms with Gasteiger partial charge in [-0.05, 0) is 57.8 Å². The number of hydrogen-bond acceptors (Lipinski definition) is 0. The van der Waals surface area contributed by atoms with Crippen LogP contribution >= 0.6 is 11.6 Å². The Bertz CT molecular complexity index is 1240. The first kappa shape index (κ1) is 18.5. The van der Waals surface area contributed by atoms with Gasteiger partial charge in [-0.15, -0.1) is 0 Å². The SMILES string of the molecule is CCCc1ccc2c(ccc3cc(C#Cc4cc(F)c(Cl)c(F)c4)ccc32)c1. The minimum Gasteiger partial charge on any atom is -0.205 e. The third-order valence-electron chi connectivity index (χ3n) is 4.77. The van der Waals surface area contributed by atoms with E-state index < -0.39 is 16.7 Å². The fraction of sp³-hybridized carbons (Fsp3) is 0.120. The Kier molecular flexibility index (Phi) is 5.03. The molecule has 0 heterocycles. The highest BCUT2D eigenvalue weighted by Gasteiger charge is 2.07. The quantitative estimate of drug-likeness (QED) is 0.192. The maximum atomic E-state index is 13.6. The molecule has 0 spiro atoms. The van der Waals surface area contributed by atoms with Crippen molar-refractivity contribution in [2.24, 2.45) is 0 Å². The van der Waals surface area contributed by atoms with Gasteiger partial charge in [-0.1, -0.05) is 73.2 Å². The molecule has 0 aromatic heterocycles. The van der Waals surface area contributed by atoms with E-state index in [1.54, 1.807) is 0 Å². The van der Waals surface area contributed by atoms with Crippen LogP contribution in [0.4, 0.5) is 8.78 Å². The van der Waals surface area contributed by atoms with Crippen LogP contribution in [0.5, 0.6) is 0 Å². The molecule has 4 aromatic carbocycles. The van der Waals surface area contributed by atoms with E-state index in [1.807, 2.05) is 18.2 Å². The predicted octanol–water partition coefficient (Wildman–Crippen LogP) is 7.28. The van der Waals surface area contributed by atoms with E-state index in [9.17, 15) is 8.78 Å². The van der Waals surface area contributed by atoms with Crippen LogP contribution in [-0.2, 0) is 6.42 Å². The van der Waals surface area contributed by atoms with Crippen LogP contribution in [0.3, 0.4) is 0 Å². The van der Waals surface area contributed by atoms with Crippen molar-refractivity contribution in [1.82, 2.24) is 0 Å². The average Bonchev–Trinajstić information content (AvgIpc) is 2.70. The molecule has 0 radical (unpaired) electrons. The molecular formula is C25H17ClF2. The summed E-state index contributed by atoms with van der Waals surface area (Å²) in [6.07, 6.45) is 2.21. The summed E-state index contributed by atoms with van der Waals surface area (Å²) in [7, 11) is 0. The molecule has 0 unspecified atom stereocenters. The van der Waals surface area contributed by atoms with Crippen molar-refractivity contribution < 1.29 is 8.78 Å². The lowest BCUT2D eigenvalue weighted by Crippen LogP contribution is -1.87. The molecule has 0 N–H and O–H groups in total. The van der Waals surface area contributed by atoms with Crippen LogP contribution in [0.2, 0.25) is 5.02 Å². The zero-order chi connectivity index (χ0) is 19.7. The standard InChI is InChI=1S/C25H17ClF2/c1-2-3-16-6-10-21-19(12-16)8-9-20-13-17(7-11-22(20)21)4-5-18-14-23(27)25(26)24(28)15-18/h6-15H,2-3H2,1H3. The van der Waals surface area contributed by atoms with Crippen molar-refractivity contribution in [3.63, 3.8) is 0 Å². The minimum absolute atomic E-state index is 0.251. The molecule has 0 atom stereocenters. The zero-order valence-electron chi connectivity index (χ0n) is 15.3. The van der Waals surface area contributed by atoms with Gasteiger partial charge >= 0.3 is 0 Å². The lowest BCUT2D eigenvalue weighted by molar-refractivity contribution is 0.583. The van der Waals surface area contributed by atoms with Gasteiger partial charge in [0.1, 0.15) is 16.7 Å². The van der Waals surface area contributed by atoms with E-state index in [0.717, 1.165) is 41.3 Å². The van der Waals surface area contributed by atoms with Gasteiger partial charge in [0, 0.05) is 11.1 Å².